The number of benzene rings is 2. The number of nitrogens with zero attached hydrogens (tertiary/aromatic N) is 1. The topological polar surface area (TPSA) is 46.3 Å². The Bertz CT molecular complexity index is 663. The number of hydrogen-bond donors (Lipinski definition) is 1. The van der Waals surface area contributed by atoms with Crippen molar-refractivity contribution in [3.8, 4) is 0 Å². The van der Waals surface area contributed by atoms with E-state index in [-0.39, 0.29) is 21.6 Å². The molecule has 3 nitrogen and oxygen atoms in total. The van der Waals surface area contributed by atoms with Crippen molar-refractivity contribution in [2.45, 2.75) is 13.8 Å². The molecule has 2 aromatic carbocycles. The molecule has 2 aromatic rings. The molecule has 2 N–H and O–H groups in total. The van der Waals surface area contributed by atoms with E-state index in [4.69, 9.17) is 28.9 Å². The van der Waals surface area contributed by atoms with Crippen LogP contribution < -0.4 is 10.6 Å². The van der Waals surface area contributed by atoms with Gasteiger partial charge in [0.15, 0.2) is 0 Å². The highest BCUT2D eigenvalue weighted by Crippen LogP contribution is 2.30. The number of anilines is 2. The zero-order valence-electron chi connectivity index (χ0n) is 11.9. The summed E-state index contributed by atoms with van der Waals surface area (Å²) >= 11 is 12.0. The first-order valence-electron chi connectivity index (χ1n) is 6.57. The van der Waals surface area contributed by atoms with Crippen LogP contribution in [0, 0.1) is 6.92 Å². The van der Waals surface area contributed by atoms with Gasteiger partial charge in [0.1, 0.15) is 0 Å². The third-order valence-corrected chi connectivity index (χ3v) is 3.92. The Kier molecular flexibility index (Phi) is 4.76. The van der Waals surface area contributed by atoms with Crippen molar-refractivity contribution >= 4 is 40.5 Å². The van der Waals surface area contributed by atoms with Crippen LogP contribution in [0.5, 0.6) is 0 Å². The zero-order chi connectivity index (χ0) is 15.6. The summed E-state index contributed by atoms with van der Waals surface area (Å²) in [6.07, 6.45) is 0. The van der Waals surface area contributed by atoms with Crippen molar-refractivity contribution in [1.29, 1.82) is 0 Å². The van der Waals surface area contributed by atoms with Crippen molar-refractivity contribution in [3.63, 3.8) is 0 Å². The highest BCUT2D eigenvalue weighted by Gasteiger charge is 2.19. The minimum Gasteiger partial charge on any atom is -0.396 e. The number of carbonyl (C=O) groups excluding carboxylic acids is 1. The second-order valence-corrected chi connectivity index (χ2v) is 5.50. The van der Waals surface area contributed by atoms with Crippen LogP contribution in [0.4, 0.5) is 11.4 Å². The summed E-state index contributed by atoms with van der Waals surface area (Å²) in [5, 5.41) is 0.568. The molecule has 0 unspecified atom stereocenters. The fourth-order valence-electron chi connectivity index (χ4n) is 2.15. The maximum absolute atomic E-state index is 12.7. The second kappa shape index (κ2) is 6.37. The fourth-order valence-corrected chi connectivity index (χ4v) is 2.64. The molecule has 2 rings (SSSR count). The minimum absolute atomic E-state index is 0.157. The van der Waals surface area contributed by atoms with Crippen molar-refractivity contribution in [1.82, 2.24) is 0 Å². The van der Waals surface area contributed by atoms with E-state index in [1.807, 2.05) is 38.1 Å². The van der Waals surface area contributed by atoms with Gasteiger partial charge in [-0.2, -0.15) is 0 Å². The van der Waals surface area contributed by atoms with E-state index >= 15 is 0 Å². The average Bonchev–Trinajstić information content (AvgIpc) is 2.46. The smallest absolute Gasteiger partial charge is 0.258 e. The lowest BCUT2D eigenvalue weighted by molar-refractivity contribution is 0.0988. The van der Waals surface area contributed by atoms with Crippen LogP contribution >= 0.6 is 23.2 Å². The van der Waals surface area contributed by atoms with E-state index in [2.05, 4.69) is 0 Å². The predicted molar refractivity (Wildman–Crippen MR) is 89.4 cm³/mol. The van der Waals surface area contributed by atoms with Crippen molar-refractivity contribution < 1.29 is 4.79 Å². The van der Waals surface area contributed by atoms with Gasteiger partial charge in [-0.25, -0.2) is 0 Å². The number of amides is 1. The van der Waals surface area contributed by atoms with E-state index in [1.165, 1.54) is 0 Å². The van der Waals surface area contributed by atoms with Crippen LogP contribution in [-0.4, -0.2) is 12.5 Å². The van der Waals surface area contributed by atoms with Crippen LogP contribution in [0.2, 0.25) is 10.0 Å². The van der Waals surface area contributed by atoms with E-state index in [0.717, 1.165) is 11.3 Å². The molecule has 0 radical (unpaired) electrons. The summed E-state index contributed by atoms with van der Waals surface area (Å²) in [6.45, 7) is 4.43. The lowest BCUT2D eigenvalue weighted by atomic mass is 10.1. The summed E-state index contributed by atoms with van der Waals surface area (Å²) in [5.41, 5.74) is 8.31. The van der Waals surface area contributed by atoms with Crippen molar-refractivity contribution in [3.05, 3.63) is 57.6 Å². The van der Waals surface area contributed by atoms with Gasteiger partial charge >= 0.3 is 0 Å². The van der Waals surface area contributed by atoms with Gasteiger partial charge in [-0.3, -0.25) is 4.79 Å². The molecule has 0 fully saturated rings. The third-order valence-electron chi connectivity index (χ3n) is 3.29. The summed E-state index contributed by atoms with van der Waals surface area (Å²) in [6, 6.07) is 10.8. The molecule has 0 heterocycles. The van der Waals surface area contributed by atoms with Gasteiger partial charge < -0.3 is 10.6 Å². The monoisotopic (exact) mass is 322 g/mol. The third kappa shape index (κ3) is 3.14. The van der Waals surface area contributed by atoms with Gasteiger partial charge in [0.2, 0.25) is 0 Å². The second-order valence-electron chi connectivity index (χ2n) is 4.69. The molecule has 0 aliphatic heterocycles. The van der Waals surface area contributed by atoms with Crippen LogP contribution in [0.1, 0.15) is 22.8 Å². The summed E-state index contributed by atoms with van der Waals surface area (Å²) in [5.74, 6) is -0.157. The molecule has 0 saturated carbocycles. The Morgan fingerprint density at radius 1 is 1.19 bits per heavy atom. The van der Waals surface area contributed by atoms with Crippen LogP contribution in [0.15, 0.2) is 36.4 Å². The fraction of sp³-hybridized carbons (Fsp3) is 0.188. The molecule has 0 saturated heterocycles. The van der Waals surface area contributed by atoms with Gasteiger partial charge in [-0.05, 0) is 37.6 Å². The minimum atomic E-state index is -0.157. The molecule has 0 spiro atoms. The van der Waals surface area contributed by atoms with Crippen LogP contribution in [0.25, 0.3) is 0 Å². The number of hydrogen-bond acceptors (Lipinski definition) is 2. The number of nitrogens with two attached hydrogens (primary N) is 1. The molecule has 0 aliphatic carbocycles. The molecule has 1 amide bonds. The lowest BCUT2D eigenvalue weighted by Gasteiger charge is -2.23. The number of rotatable bonds is 3. The van der Waals surface area contributed by atoms with E-state index in [0.29, 0.717) is 12.1 Å². The predicted octanol–water partition coefficient (Wildman–Crippen LogP) is 4.55. The zero-order valence-corrected chi connectivity index (χ0v) is 13.4. The first kappa shape index (κ1) is 15.7. The molecular weight excluding hydrogens is 307 g/mol. The number of aryl methyl sites for hydroxylation is 1. The molecule has 0 bridgehead atoms. The average molecular weight is 323 g/mol. The van der Waals surface area contributed by atoms with Crippen LogP contribution in [0.3, 0.4) is 0 Å². The quantitative estimate of drug-likeness (QED) is 0.842. The van der Waals surface area contributed by atoms with Gasteiger partial charge in [-0.15, -0.1) is 0 Å². The maximum Gasteiger partial charge on any atom is 0.258 e. The van der Waals surface area contributed by atoms with Gasteiger partial charge in [-0.1, -0.05) is 41.4 Å². The number of halogens is 2. The van der Waals surface area contributed by atoms with Crippen LogP contribution in [-0.2, 0) is 0 Å². The SMILES string of the molecule is CCN(C(=O)c1cc(Cl)c(N)c(Cl)c1)c1ccccc1C. The Morgan fingerprint density at radius 3 is 2.29 bits per heavy atom. The first-order chi connectivity index (χ1) is 9.95. The van der Waals surface area contributed by atoms with Crippen molar-refractivity contribution in [2.75, 3.05) is 17.2 Å². The Hall–Kier alpha value is -1.71. The van der Waals surface area contributed by atoms with Crippen molar-refractivity contribution in [2.24, 2.45) is 0 Å². The molecule has 0 aromatic heterocycles. The molecular formula is C16H16Cl2N2O. The molecule has 110 valence electrons. The van der Waals surface area contributed by atoms with E-state index in [9.17, 15) is 4.79 Å². The number of carbonyl (C=O) groups is 1. The molecule has 5 heteroatoms. The normalized spacial score (nSPS) is 10.5. The summed E-state index contributed by atoms with van der Waals surface area (Å²) in [4.78, 5) is 14.4. The summed E-state index contributed by atoms with van der Waals surface area (Å²) < 4.78 is 0. The Labute approximate surface area is 134 Å². The number of nitrogen functional groups attached to an aromatic ring is 1. The van der Waals surface area contributed by atoms with E-state index < -0.39 is 0 Å². The largest absolute Gasteiger partial charge is 0.396 e. The Morgan fingerprint density at radius 2 is 1.76 bits per heavy atom. The van der Waals surface area contributed by atoms with Gasteiger partial charge in [0.05, 0.1) is 15.7 Å². The summed E-state index contributed by atoms with van der Waals surface area (Å²) in [7, 11) is 0. The van der Waals surface area contributed by atoms with E-state index in [1.54, 1.807) is 17.0 Å². The lowest BCUT2D eigenvalue weighted by Crippen LogP contribution is -2.31. The standard InChI is InChI=1S/C16H16Cl2N2O/c1-3-20(14-7-5-4-6-10(14)2)16(21)11-8-12(17)15(19)13(18)9-11/h4-9H,3,19H2,1-2H3. The molecule has 21 heavy (non-hydrogen) atoms. The maximum atomic E-state index is 12.7. The highest BCUT2D eigenvalue weighted by atomic mass is 35.5. The number of para-hydroxylation sites is 1. The molecule has 0 atom stereocenters. The highest BCUT2D eigenvalue weighted by molar-refractivity contribution is 6.39. The van der Waals surface area contributed by atoms with Gasteiger partial charge in [0, 0.05) is 17.8 Å². The first-order valence-corrected chi connectivity index (χ1v) is 7.33. The molecule has 0 aliphatic rings. The van der Waals surface area contributed by atoms with Gasteiger partial charge in [0.25, 0.3) is 5.91 Å². The Balaban J connectivity index is 2.44.